The van der Waals surface area contributed by atoms with Gasteiger partial charge in [0.2, 0.25) is 5.95 Å². The van der Waals surface area contributed by atoms with E-state index in [1.165, 1.54) is 6.07 Å². The Hall–Kier alpha value is -2.44. The Morgan fingerprint density at radius 3 is 2.73 bits per heavy atom. The molecule has 0 amide bonds. The van der Waals surface area contributed by atoms with E-state index in [0.717, 1.165) is 0 Å². The van der Waals surface area contributed by atoms with Crippen molar-refractivity contribution in [1.29, 1.82) is 0 Å². The zero-order valence-corrected chi connectivity index (χ0v) is 15.3. The molecule has 2 aromatic heterocycles. The molecule has 1 aromatic carbocycles. The van der Waals surface area contributed by atoms with E-state index < -0.39 is 24.4 Å². The van der Waals surface area contributed by atoms with Gasteiger partial charge in [-0.1, -0.05) is 18.2 Å². The van der Waals surface area contributed by atoms with Gasteiger partial charge in [0, 0.05) is 17.7 Å². The molecule has 26 heavy (non-hydrogen) atoms. The number of nitrogen functional groups attached to an aromatic ring is 1. The van der Waals surface area contributed by atoms with Crippen LogP contribution in [0.2, 0.25) is 0 Å². The number of nitrogens with two attached hydrogens (primary N) is 1. The van der Waals surface area contributed by atoms with Gasteiger partial charge in [-0.3, -0.25) is 9.78 Å². The van der Waals surface area contributed by atoms with Crippen molar-refractivity contribution >= 4 is 24.1 Å². The van der Waals surface area contributed by atoms with Crippen LogP contribution in [-0.4, -0.2) is 41.2 Å². The van der Waals surface area contributed by atoms with Crippen molar-refractivity contribution < 1.29 is 13.7 Å². The zero-order chi connectivity index (χ0) is 18.9. The molecule has 4 N–H and O–H groups in total. The van der Waals surface area contributed by atoms with Crippen LogP contribution in [0, 0.1) is 5.82 Å². The van der Waals surface area contributed by atoms with Crippen molar-refractivity contribution in [2.24, 2.45) is 0 Å². The van der Waals surface area contributed by atoms with Gasteiger partial charge in [-0.2, -0.15) is 0 Å². The predicted molar refractivity (Wildman–Crippen MR) is 99.6 cm³/mol. The topological polar surface area (TPSA) is 114 Å². The highest BCUT2D eigenvalue weighted by atomic mass is 31.2. The molecule has 0 unspecified atom stereocenters. The molecular formula is C17H20FN4O3P. The second kappa shape index (κ2) is 7.05. The van der Waals surface area contributed by atoms with Gasteiger partial charge in [-0.05, 0) is 25.0 Å². The van der Waals surface area contributed by atoms with Crippen LogP contribution in [0.1, 0.15) is 17.0 Å². The Morgan fingerprint density at radius 1 is 1.31 bits per heavy atom. The number of H-pyrrole nitrogens is 2. The van der Waals surface area contributed by atoms with E-state index in [1.54, 1.807) is 37.7 Å². The summed E-state index contributed by atoms with van der Waals surface area (Å²) in [7, 11) is -2.38. The highest BCUT2D eigenvalue weighted by Gasteiger charge is 2.24. The number of fused-ring (bicyclic) bond motifs is 1. The van der Waals surface area contributed by atoms with Gasteiger partial charge in [0.1, 0.15) is 24.0 Å². The van der Waals surface area contributed by atoms with Crippen LogP contribution in [0.5, 0.6) is 0 Å². The predicted octanol–water partition coefficient (Wildman–Crippen LogP) is 2.70. The van der Waals surface area contributed by atoms with Crippen LogP contribution in [0.25, 0.3) is 11.0 Å². The average Bonchev–Trinajstić information content (AvgIpc) is 2.95. The third-order valence-electron chi connectivity index (χ3n) is 3.93. The number of benzene rings is 1. The second-order valence-corrected chi connectivity index (χ2v) is 9.97. The molecule has 1 atom stereocenters. The molecule has 9 heteroatoms. The molecule has 0 saturated carbocycles. The summed E-state index contributed by atoms with van der Waals surface area (Å²) in [5, 5.41) is 0. The number of hydrogen-bond acceptors (Lipinski definition) is 5. The maximum absolute atomic E-state index is 14.4. The lowest BCUT2D eigenvalue weighted by Crippen LogP contribution is -2.14. The molecule has 2 heterocycles. The molecule has 0 aliphatic heterocycles. The Bertz CT molecular complexity index is 1040. The van der Waals surface area contributed by atoms with E-state index in [4.69, 9.17) is 10.5 Å². The summed E-state index contributed by atoms with van der Waals surface area (Å²) in [4.78, 5) is 21.5. The summed E-state index contributed by atoms with van der Waals surface area (Å²) in [5.41, 5.74) is 6.86. The maximum atomic E-state index is 14.4. The summed E-state index contributed by atoms with van der Waals surface area (Å²) in [6.07, 6.45) is 1.68. The Morgan fingerprint density at radius 2 is 2.04 bits per heavy atom. The fourth-order valence-electron chi connectivity index (χ4n) is 2.81. The molecule has 0 fully saturated rings. The van der Waals surface area contributed by atoms with Gasteiger partial charge in [0.15, 0.2) is 0 Å². The van der Waals surface area contributed by atoms with Crippen LogP contribution in [0.3, 0.4) is 0 Å². The minimum absolute atomic E-state index is 0.0248. The first-order valence-corrected chi connectivity index (χ1v) is 10.8. The molecule has 0 saturated heterocycles. The van der Waals surface area contributed by atoms with Gasteiger partial charge >= 0.3 is 0 Å². The number of ether oxygens (including phenoxy) is 1. The largest absolute Gasteiger partial charge is 0.373 e. The summed E-state index contributed by atoms with van der Waals surface area (Å²) in [6.45, 7) is 3.34. The van der Waals surface area contributed by atoms with Gasteiger partial charge in [0.25, 0.3) is 5.56 Å². The van der Waals surface area contributed by atoms with Crippen LogP contribution < -0.4 is 11.3 Å². The molecular weight excluding hydrogens is 358 g/mol. The third kappa shape index (κ3) is 3.86. The summed E-state index contributed by atoms with van der Waals surface area (Å²) >= 11 is 0. The van der Waals surface area contributed by atoms with Crippen molar-refractivity contribution in [3.63, 3.8) is 0 Å². The van der Waals surface area contributed by atoms with E-state index in [0.29, 0.717) is 16.6 Å². The summed E-state index contributed by atoms with van der Waals surface area (Å²) in [5.74, 6) is -0.960. The number of rotatable bonds is 6. The van der Waals surface area contributed by atoms with Crippen molar-refractivity contribution in [2.45, 2.75) is 5.92 Å². The van der Waals surface area contributed by atoms with Crippen molar-refractivity contribution in [3.8, 4) is 0 Å². The Kier molecular flexibility index (Phi) is 4.98. The summed E-state index contributed by atoms with van der Waals surface area (Å²) in [6, 6.07) is 6.32. The number of halogens is 1. The lowest BCUT2D eigenvalue weighted by atomic mass is 9.92. The normalized spacial score (nSPS) is 13.2. The molecule has 7 nitrogen and oxygen atoms in total. The van der Waals surface area contributed by atoms with Gasteiger partial charge in [0.05, 0.1) is 13.0 Å². The number of nitrogens with zero attached hydrogens (tertiary/aromatic N) is 1. The minimum atomic E-state index is -2.38. The van der Waals surface area contributed by atoms with Crippen LogP contribution in [0.15, 0.2) is 35.3 Å². The first-order chi connectivity index (χ1) is 12.3. The molecule has 0 radical (unpaired) electrons. The quantitative estimate of drug-likeness (QED) is 0.571. The van der Waals surface area contributed by atoms with Gasteiger partial charge < -0.3 is 20.0 Å². The molecule has 0 bridgehead atoms. The molecule has 0 aliphatic carbocycles. The third-order valence-corrected chi connectivity index (χ3v) is 4.73. The number of aromatic nitrogens is 3. The SMILES string of the molecule is CP(C)(=O)COC[C@@H](c1ccccc1F)c1c[nH]c2c(=O)[nH]c(N)nc12. The van der Waals surface area contributed by atoms with E-state index in [1.807, 2.05) is 0 Å². The van der Waals surface area contributed by atoms with Gasteiger partial charge in [-0.25, -0.2) is 9.37 Å². The minimum Gasteiger partial charge on any atom is -0.373 e. The van der Waals surface area contributed by atoms with E-state index >= 15 is 0 Å². The molecule has 3 rings (SSSR count). The van der Waals surface area contributed by atoms with Crippen molar-refractivity contribution in [1.82, 2.24) is 15.0 Å². The fraction of sp³-hybridized carbons (Fsp3) is 0.294. The molecule has 0 spiro atoms. The molecule has 0 aliphatic rings. The number of anilines is 1. The van der Waals surface area contributed by atoms with E-state index in [2.05, 4.69) is 15.0 Å². The summed E-state index contributed by atoms with van der Waals surface area (Å²) < 4.78 is 31.9. The van der Waals surface area contributed by atoms with Crippen molar-refractivity contribution in [3.05, 3.63) is 57.8 Å². The highest BCUT2D eigenvalue weighted by molar-refractivity contribution is 7.62. The van der Waals surface area contributed by atoms with E-state index in [9.17, 15) is 13.8 Å². The zero-order valence-electron chi connectivity index (χ0n) is 14.5. The number of hydrogen-bond donors (Lipinski definition) is 3. The highest BCUT2D eigenvalue weighted by Crippen LogP contribution is 2.37. The average molecular weight is 378 g/mol. The van der Waals surface area contributed by atoms with Crippen LogP contribution >= 0.6 is 7.14 Å². The first kappa shape index (κ1) is 18.4. The lowest BCUT2D eigenvalue weighted by molar-refractivity contribution is 0.167. The second-order valence-electron chi connectivity index (χ2n) is 6.57. The maximum Gasteiger partial charge on any atom is 0.276 e. The smallest absolute Gasteiger partial charge is 0.276 e. The molecule has 138 valence electrons. The standard InChI is InChI=1S/C17H20FN4O3P/c1-26(2,24)9-25-8-12(10-5-3-4-6-13(10)18)11-7-20-15-14(11)21-17(19)22-16(15)23/h3-7,12,20H,8-9H2,1-2H3,(H3,19,21,22,23)/t12-/m0/s1. The first-order valence-electron chi connectivity index (χ1n) is 7.99. The van der Waals surface area contributed by atoms with E-state index in [-0.39, 0.29) is 24.4 Å². The fourth-order valence-corrected chi connectivity index (χ4v) is 3.36. The Balaban J connectivity index is 2.08. The number of nitrogens with one attached hydrogen (secondary N) is 2. The lowest BCUT2D eigenvalue weighted by Gasteiger charge is -2.18. The number of aromatic amines is 2. The molecule has 3 aromatic rings. The monoisotopic (exact) mass is 378 g/mol. The van der Waals surface area contributed by atoms with Crippen LogP contribution in [0.4, 0.5) is 10.3 Å². The van der Waals surface area contributed by atoms with Gasteiger partial charge in [-0.15, -0.1) is 0 Å². The Labute approximate surface area is 149 Å². The van der Waals surface area contributed by atoms with Crippen molar-refractivity contribution in [2.75, 3.05) is 32.0 Å². The van der Waals surface area contributed by atoms with Crippen LogP contribution in [-0.2, 0) is 9.30 Å².